The maximum absolute atomic E-state index is 6.08. The Kier molecular flexibility index (Phi) is 5.08. The topological polar surface area (TPSA) is 12.0 Å². The summed E-state index contributed by atoms with van der Waals surface area (Å²) in [5.74, 6) is 0. The third-order valence-electron chi connectivity index (χ3n) is 2.54. The zero-order chi connectivity index (χ0) is 12.3. The van der Waals surface area contributed by atoms with Gasteiger partial charge >= 0.3 is 0 Å². The molecule has 1 nitrogen and oxygen atoms in total. The van der Waals surface area contributed by atoms with Crippen molar-refractivity contribution in [1.82, 2.24) is 5.32 Å². The van der Waals surface area contributed by atoms with Crippen LogP contribution in [0.5, 0.6) is 0 Å². The van der Waals surface area contributed by atoms with Crippen LogP contribution in [0.15, 0.2) is 18.2 Å². The lowest BCUT2D eigenvalue weighted by Crippen LogP contribution is -2.32. The molecule has 16 heavy (non-hydrogen) atoms. The summed E-state index contributed by atoms with van der Waals surface area (Å²) in [5.41, 5.74) is 1.48. The van der Waals surface area contributed by atoms with Crippen LogP contribution in [-0.2, 0) is 0 Å². The van der Waals surface area contributed by atoms with Gasteiger partial charge in [-0.3, -0.25) is 0 Å². The minimum atomic E-state index is 0.181. The fourth-order valence-electron chi connectivity index (χ4n) is 1.82. The highest BCUT2D eigenvalue weighted by atomic mass is 127. The highest BCUT2D eigenvalue weighted by Gasteiger charge is 2.26. The number of hydrogen-bond donors (Lipinski definition) is 1. The van der Waals surface area contributed by atoms with Crippen molar-refractivity contribution in [2.45, 2.75) is 33.7 Å². The molecule has 0 aromatic heterocycles. The average molecular weight is 352 g/mol. The molecule has 0 spiro atoms. The van der Waals surface area contributed by atoms with E-state index in [0.29, 0.717) is 6.04 Å². The van der Waals surface area contributed by atoms with Crippen molar-refractivity contribution >= 4 is 34.2 Å². The van der Waals surface area contributed by atoms with Gasteiger partial charge in [0.15, 0.2) is 0 Å². The molecule has 0 saturated carbocycles. The molecule has 0 heterocycles. The second-order valence-electron chi connectivity index (χ2n) is 5.02. The average Bonchev–Trinajstić information content (AvgIpc) is 2.17. The maximum Gasteiger partial charge on any atom is 0.0410 e. The number of hydrogen-bond acceptors (Lipinski definition) is 1. The van der Waals surface area contributed by atoms with E-state index in [2.05, 4.69) is 67.7 Å². The number of benzene rings is 1. The molecule has 0 bridgehead atoms. The largest absolute Gasteiger partial charge is 0.310 e. The Bertz CT molecular complexity index is 357. The van der Waals surface area contributed by atoms with Gasteiger partial charge in [0, 0.05) is 14.6 Å². The molecule has 90 valence electrons. The first-order valence-corrected chi connectivity index (χ1v) is 7.00. The minimum Gasteiger partial charge on any atom is -0.310 e. The summed E-state index contributed by atoms with van der Waals surface area (Å²) < 4.78 is 1.27. The fourth-order valence-corrected chi connectivity index (χ4v) is 2.65. The van der Waals surface area contributed by atoms with Crippen molar-refractivity contribution in [2.24, 2.45) is 5.41 Å². The van der Waals surface area contributed by atoms with Crippen LogP contribution in [0.3, 0.4) is 0 Å². The van der Waals surface area contributed by atoms with Crippen LogP contribution in [0.4, 0.5) is 0 Å². The molecule has 0 aliphatic carbocycles. The molecule has 0 fully saturated rings. The summed E-state index contributed by atoms with van der Waals surface area (Å²) in [6.45, 7) is 9.84. The molecule has 1 aromatic rings. The number of rotatable bonds is 3. The summed E-state index contributed by atoms with van der Waals surface area (Å²) >= 11 is 8.45. The van der Waals surface area contributed by atoms with Crippen molar-refractivity contribution in [3.8, 4) is 0 Å². The van der Waals surface area contributed by atoms with E-state index in [9.17, 15) is 0 Å². The lowest BCUT2D eigenvalue weighted by Gasteiger charge is -2.32. The van der Waals surface area contributed by atoms with Gasteiger partial charge in [-0.2, -0.15) is 0 Å². The van der Waals surface area contributed by atoms with Gasteiger partial charge in [-0.1, -0.05) is 39.3 Å². The molecular weight excluding hydrogens is 333 g/mol. The van der Waals surface area contributed by atoms with E-state index in [1.165, 1.54) is 9.13 Å². The van der Waals surface area contributed by atoms with Gasteiger partial charge in [-0.25, -0.2) is 0 Å². The smallest absolute Gasteiger partial charge is 0.0410 e. The van der Waals surface area contributed by atoms with E-state index in [4.69, 9.17) is 11.6 Å². The molecular formula is C13H19ClIN. The van der Waals surface area contributed by atoms with E-state index in [1.54, 1.807) is 0 Å². The predicted molar refractivity (Wildman–Crippen MR) is 80.0 cm³/mol. The summed E-state index contributed by atoms with van der Waals surface area (Å²) in [7, 11) is 0. The normalized spacial score (nSPS) is 13.9. The van der Waals surface area contributed by atoms with E-state index < -0.39 is 0 Å². The monoisotopic (exact) mass is 351 g/mol. The van der Waals surface area contributed by atoms with Gasteiger partial charge < -0.3 is 5.32 Å². The second-order valence-corrected chi connectivity index (χ2v) is 6.62. The lowest BCUT2D eigenvalue weighted by molar-refractivity contribution is 0.276. The van der Waals surface area contributed by atoms with E-state index >= 15 is 0 Å². The first kappa shape index (κ1) is 14.3. The van der Waals surface area contributed by atoms with Gasteiger partial charge in [0.25, 0.3) is 0 Å². The van der Waals surface area contributed by atoms with E-state index in [0.717, 1.165) is 11.6 Å². The first-order valence-electron chi connectivity index (χ1n) is 5.54. The number of halogens is 2. The first-order chi connectivity index (χ1) is 7.36. The van der Waals surface area contributed by atoms with Crippen LogP contribution in [0.25, 0.3) is 0 Å². The van der Waals surface area contributed by atoms with Gasteiger partial charge in [0.1, 0.15) is 0 Å². The highest BCUT2D eigenvalue weighted by molar-refractivity contribution is 14.1. The Hall–Kier alpha value is 0.200. The number of nitrogens with one attached hydrogen (secondary N) is 1. The van der Waals surface area contributed by atoms with E-state index in [-0.39, 0.29) is 5.41 Å². The molecule has 1 N–H and O–H groups in total. The predicted octanol–water partition coefficient (Wildman–Crippen LogP) is 4.64. The molecule has 0 saturated heterocycles. The minimum absolute atomic E-state index is 0.181. The molecule has 0 aliphatic rings. The van der Waals surface area contributed by atoms with Crippen molar-refractivity contribution in [1.29, 1.82) is 0 Å². The van der Waals surface area contributed by atoms with Crippen molar-refractivity contribution < 1.29 is 0 Å². The molecule has 0 aliphatic heterocycles. The zero-order valence-electron chi connectivity index (χ0n) is 10.3. The van der Waals surface area contributed by atoms with Gasteiger partial charge in [-0.15, -0.1) is 0 Å². The van der Waals surface area contributed by atoms with Crippen molar-refractivity contribution in [3.05, 3.63) is 32.4 Å². The van der Waals surface area contributed by atoms with Crippen LogP contribution in [-0.4, -0.2) is 6.54 Å². The van der Waals surface area contributed by atoms with Gasteiger partial charge in [0.2, 0.25) is 0 Å². The fraction of sp³-hybridized carbons (Fsp3) is 0.538. The van der Waals surface area contributed by atoms with Crippen molar-refractivity contribution in [3.63, 3.8) is 0 Å². The van der Waals surface area contributed by atoms with Crippen LogP contribution in [0, 0.1) is 8.99 Å². The highest BCUT2D eigenvalue weighted by Crippen LogP contribution is 2.36. The van der Waals surface area contributed by atoms with Crippen LogP contribution >= 0.6 is 34.2 Å². The Balaban J connectivity index is 3.15. The lowest BCUT2D eigenvalue weighted by atomic mass is 9.82. The Labute approximate surface area is 117 Å². The van der Waals surface area contributed by atoms with E-state index in [1.807, 2.05) is 6.07 Å². The summed E-state index contributed by atoms with van der Waals surface area (Å²) in [6.07, 6.45) is 0. The van der Waals surface area contributed by atoms with Gasteiger partial charge in [-0.05, 0) is 58.3 Å². The summed E-state index contributed by atoms with van der Waals surface area (Å²) in [6, 6.07) is 6.43. The maximum atomic E-state index is 6.08. The second kappa shape index (κ2) is 5.69. The summed E-state index contributed by atoms with van der Waals surface area (Å²) in [5, 5.41) is 4.35. The van der Waals surface area contributed by atoms with Crippen LogP contribution in [0.2, 0.25) is 5.02 Å². The standard InChI is InChI=1S/C13H19ClIN/c1-5-16-12(13(2,3)4)10-8-9(14)6-7-11(10)15/h6-8,12,16H,5H2,1-4H3. The molecule has 1 unspecified atom stereocenters. The quantitative estimate of drug-likeness (QED) is 0.782. The SMILES string of the molecule is CCNC(c1cc(Cl)ccc1I)C(C)(C)C. The summed E-state index contributed by atoms with van der Waals surface area (Å²) in [4.78, 5) is 0. The molecule has 1 rings (SSSR count). The third-order valence-corrected chi connectivity index (χ3v) is 3.76. The van der Waals surface area contributed by atoms with Gasteiger partial charge in [0.05, 0.1) is 0 Å². The third kappa shape index (κ3) is 3.60. The zero-order valence-corrected chi connectivity index (χ0v) is 13.2. The molecule has 0 radical (unpaired) electrons. The van der Waals surface area contributed by atoms with Crippen LogP contribution < -0.4 is 5.32 Å². The Morgan fingerprint density at radius 3 is 2.50 bits per heavy atom. The Morgan fingerprint density at radius 2 is 2.00 bits per heavy atom. The molecule has 0 amide bonds. The van der Waals surface area contributed by atoms with Crippen LogP contribution in [0.1, 0.15) is 39.3 Å². The molecule has 1 aromatic carbocycles. The van der Waals surface area contributed by atoms with Crippen molar-refractivity contribution in [2.75, 3.05) is 6.54 Å². The molecule has 1 atom stereocenters. The molecule has 3 heteroatoms. The Morgan fingerprint density at radius 1 is 1.38 bits per heavy atom.